The second-order valence-corrected chi connectivity index (χ2v) is 5.21. The Labute approximate surface area is 121 Å². The fourth-order valence-electron chi connectivity index (χ4n) is 2.37. The van der Waals surface area contributed by atoms with Gasteiger partial charge >= 0.3 is 11.9 Å². The van der Waals surface area contributed by atoms with Crippen molar-refractivity contribution in [2.75, 3.05) is 14.1 Å². The van der Waals surface area contributed by atoms with E-state index < -0.39 is 11.9 Å². The summed E-state index contributed by atoms with van der Waals surface area (Å²) in [7, 11) is 3.59. The van der Waals surface area contributed by atoms with E-state index in [1.165, 1.54) is 0 Å². The van der Waals surface area contributed by atoms with Gasteiger partial charge < -0.3 is 9.64 Å². The smallest absolute Gasteiger partial charge is 0.349 e. The van der Waals surface area contributed by atoms with Crippen LogP contribution in [0.4, 0.5) is 0 Å². The fourth-order valence-corrected chi connectivity index (χ4v) is 2.37. The molecule has 2 aromatic rings. The molecule has 0 N–H and O–H groups in total. The molecule has 0 aliphatic carbocycles. The Morgan fingerprint density at radius 3 is 2.67 bits per heavy atom. The minimum atomic E-state index is -0.665. The quantitative estimate of drug-likeness (QED) is 0.455. The Bertz CT molecular complexity index is 807. The third-order valence-corrected chi connectivity index (χ3v) is 3.32. The maximum atomic E-state index is 11.9. The molecule has 0 bridgehead atoms. The van der Waals surface area contributed by atoms with E-state index >= 15 is 0 Å². The van der Waals surface area contributed by atoms with Crippen LogP contribution in [-0.2, 0) is 9.53 Å². The molecule has 0 saturated carbocycles. The van der Waals surface area contributed by atoms with Crippen LogP contribution >= 0.6 is 0 Å². The maximum Gasteiger partial charge on any atom is 0.349 e. The number of hydrogen-bond donors (Lipinski definition) is 0. The van der Waals surface area contributed by atoms with E-state index in [-0.39, 0.29) is 0 Å². The largest absolute Gasteiger partial charge is 0.386 e. The Kier molecular flexibility index (Phi) is 2.97. The molecule has 0 fully saturated rings. The lowest BCUT2D eigenvalue weighted by molar-refractivity contribution is -0.131. The number of hydrogen-bond acceptors (Lipinski definition) is 5. The molecule has 0 radical (unpaired) electrons. The SMILES string of the molecule is Cc1cccc2cc3c(nc12)C(=CN(C)C)C(=O)OC3=O. The average Bonchev–Trinajstić information content (AvgIpc) is 2.42. The number of nitrogens with zero attached hydrogens (tertiary/aromatic N) is 2. The molecule has 3 rings (SSSR count). The zero-order chi connectivity index (χ0) is 15.1. The van der Waals surface area contributed by atoms with Crippen LogP contribution in [-0.4, -0.2) is 35.9 Å². The summed E-state index contributed by atoms with van der Waals surface area (Å²) in [6, 6.07) is 7.46. The minimum absolute atomic E-state index is 0.291. The van der Waals surface area contributed by atoms with E-state index in [1.54, 1.807) is 31.3 Å². The first-order chi connectivity index (χ1) is 9.97. The van der Waals surface area contributed by atoms with Gasteiger partial charge in [-0.2, -0.15) is 0 Å². The molecule has 5 heteroatoms. The van der Waals surface area contributed by atoms with Crippen LogP contribution in [0.15, 0.2) is 30.5 Å². The highest BCUT2D eigenvalue weighted by atomic mass is 16.6. The van der Waals surface area contributed by atoms with Gasteiger partial charge in [-0.25, -0.2) is 14.6 Å². The zero-order valence-electron chi connectivity index (χ0n) is 12.0. The normalized spacial score (nSPS) is 16.0. The highest BCUT2D eigenvalue weighted by molar-refractivity contribution is 6.25. The van der Waals surface area contributed by atoms with Crippen molar-refractivity contribution in [3.63, 3.8) is 0 Å². The number of ether oxygens (including phenoxy) is 1. The highest BCUT2D eigenvalue weighted by Gasteiger charge is 2.31. The summed E-state index contributed by atoms with van der Waals surface area (Å²) in [4.78, 5) is 30.1. The lowest BCUT2D eigenvalue weighted by atomic mass is 10.0. The molecule has 1 aromatic heterocycles. The van der Waals surface area contributed by atoms with Crippen molar-refractivity contribution >= 4 is 28.4 Å². The topological polar surface area (TPSA) is 59.5 Å². The molecular weight excluding hydrogens is 268 g/mol. The Morgan fingerprint density at radius 1 is 1.19 bits per heavy atom. The van der Waals surface area contributed by atoms with Crippen molar-refractivity contribution in [2.24, 2.45) is 0 Å². The molecule has 1 aromatic carbocycles. The molecule has 21 heavy (non-hydrogen) atoms. The van der Waals surface area contributed by atoms with Crippen LogP contribution < -0.4 is 0 Å². The molecule has 106 valence electrons. The first-order valence-corrected chi connectivity index (χ1v) is 6.53. The maximum absolute atomic E-state index is 11.9. The van der Waals surface area contributed by atoms with Gasteiger partial charge in [-0.3, -0.25) is 0 Å². The molecule has 5 nitrogen and oxygen atoms in total. The molecular formula is C16H14N2O3. The van der Waals surface area contributed by atoms with Crippen LogP contribution in [0.1, 0.15) is 21.6 Å². The highest BCUT2D eigenvalue weighted by Crippen LogP contribution is 2.29. The van der Waals surface area contributed by atoms with Crippen molar-refractivity contribution in [1.82, 2.24) is 9.88 Å². The molecule has 0 unspecified atom stereocenters. The lowest BCUT2D eigenvalue weighted by Crippen LogP contribution is -2.24. The van der Waals surface area contributed by atoms with Crippen molar-refractivity contribution < 1.29 is 14.3 Å². The summed E-state index contributed by atoms with van der Waals surface area (Å²) in [5, 5.41) is 0.851. The third kappa shape index (κ3) is 2.16. The first kappa shape index (κ1) is 13.3. The van der Waals surface area contributed by atoms with E-state index in [9.17, 15) is 9.59 Å². The van der Waals surface area contributed by atoms with Gasteiger partial charge in [0.1, 0.15) is 5.57 Å². The van der Waals surface area contributed by atoms with E-state index in [0.29, 0.717) is 16.8 Å². The van der Waals surface area contributed by atoms with Gasteiger partial charge in [0.2, 0.25) is 0 Å². The van der Waals surface area contributed by atoms with Gasteiger partial charge in [-0.15, -0.1) is 0 Å². The van der Waals surface area contributed by atoms with Gasteiger partial charge in [0.15, 0.2) is 0 Å². The number of aryl methyl sites for hydroxylation is 1. The fraction of sp³-hybridized carbons (Fsp3) is 0.188. The van der Waals surface area contributed by atoms with Gasteiger partial charge in [0, 0.05) is 25.7 Å². The van der Waals surface area contributed by atoms with Crippen molar-refractivity contribution in [2.45, 2.75) is 6.92 Å². The average molecular weight is 282 g/mol. The van der Waals surface area contributed by atoms with Gasteiger partial charge in [-0.05, 0) is 18.6 Å². The van der Waals surface area contributed by atoms with Gasteiger partial charge in [-0.1, -0.05) is 18.2 Å². The predicted octanol–water partition coefficient (Wildman–Crippen LogP) is 2.14. The molecule has 0 spiro atoms. The number of cyclic esters (lactones) is 2. The molecule has 0 saturated heterocycles. The summed E-state index contributed by atoms with van der Waals surface area (Å²) in [6.45, 7) is 1.94. The summed E-state index contributed by atoms with van der Waals surface area (Å²) < 4.78 is 4.79. The van der Waals surface area contributed by atoms with E-state index in [2.05, 4.69) is 4.98 Å². The lowest BCUT2D eigenvalue weighted by Gasteiger charge is -2.18. The number of pyridine rings is 1. The predicted molar refractivity (Wildman–Crippen MR) is 78.6 cm³/mol. The number of carbonyl (C=O) groups is 2. The Balaban J connectivity index is 2.35. The van der Waals surface area contributed by atoms with Crippen molar-refractivity contribution in [1.29, 1.82) is 0 Å². The number of fused-ring (bicyclic) bond motifs is 2. The Hall–Kier alpha value is -2.69. The van der Waals surface area contributed by atoms with Crippen molar-refractivity contribution in [3.8, 4) is 0 Å². The van der Waals surface area contributed by atoms with Gasteiger partial charge in [0.25, 0.3) is 0 Å². The molecule has 1 aliphatic heterocycles. The van der Waals surface area contributed by atoms with Crippen LogP contribution in [0.25, 0.3) is 16.5 Å². The molecule has 1 aliphatic rings. The zero-order valence-corrected chi connectivity index (χ0v) is 12.0. The first-order valence-electron chi connectivity index (χ1n) is 6.53. The number of para-hydroxylation sites is 1. The third-order valence-electron chi connectivity index (χ3n) is 3.32. The van der Waals surface area contributed by atoms with E-state index in [0.717, 1.165) is 16.5 Å². The minimum Gasteiger partial charge on any atom is -0.386 e. The summed E-state index contributed by atoms with van der Waals surface area (Å²) in [5.41, 5.74) is 2.77. The number of aromatic nitrogens is 1. The Morgan fingerprint density at radius 2 is 1.95 bits per heavy atom. The van der Waals surface area contributed by atoms with Crippen LogP contribution in [0.3, 0.4) is 0 Å². The van der Waals surface area contributed by atoms with Crippen LogP contribution in [0.2, 0.25) is 0 Å². The molecule has 0 amide bonds. The second kappa shape index (κ2) is 4.70. The molecule has 2 heterocycles. The van der Waals surface area contributed by atoms with Crippen molar-refractivity contribution in [3.05, 3.63) is 47.3 Å². The van der Waals surface area contributed by atoms with E-state index in [4.69, 9.17) is 4.74 Å². The number of esters is 2. The number of benzene rings is 1. The second-order valence-electron chi connectivity index (χ2n) is 5.21. The number of rotatable bonds is 1. The standard InChI is InChI=1S/C16H14N2O3/c1-9-5-4-6-10-7-11-14(17-13(9)10)12(8-18(2)3)16(20)21-15(11)19/h4-8H,1-3H3. The summed E-state index contributed by atoms with van der Waals surface area (Å²) in [6.07, 6.45) is 1.62. The number of carbonyl (C=O) groups excluding carboxylic acids is 2. The van der Waals surface area contributed by atoms with Crippen LogP contribution in [0, 0.1) is 6.92 Å². The van der Waals surface area contributed by atoms with Gasteiger partial charge in [0.05, 0.1) is 16.8 Å². The van der Waals surface area contributed by atoms with Crippen LogP contribution in [0.5, 0.6) is 0 Å². The van der Waals surface area contributed by atoms with E-state index in [1.807, 2.05) is 25.1 Å². The summed E-state index contributed by atoms with van der Waals surface area (Å²) in [5.74, 6) is -1.32. The molecule has 0 atom stereocenters. The summed E-state index contributed by atoms with van der Waals surface area (Å²) >= 11 is 0. The monoisotopic (exact) mass is 282 g/mol.